The van der Waals surface area contributed by atoms with Crippen LogP contribution in [0.15, 0.2) is 0 Å². The Bertz CT molecular complexity index is 333. The molecule has 0 aliphatic rings. The molecule has 1 amide bonds. The molecule has 0 aromatic rings. The predicted octanol–water partition coefficient (Wildman–Crippen LogP) is 2.47. The van der Waals surface area contributed by atoms with Crippen molar-refractivity contribution >= 4 is 15.9 Å². The van der Waals surface area contributed by atoms with E-state index in [1.807, 2.05) is 11.6 Å². The van der Waals surface area contributed by atoms with E-state index < -0.39 is 15.9 Å². The largest absolute Gasteiger partial charge is 0.382 e. The monoisotopic (exact) mass is 295 g/mol. The van der Waals surface area contributed by atoms with Crippen LogP contribution in [-0.2, 0) is 19.6 Å². The molecule has 0 aliphatic carbocycles. The fourth-order valence-electron chi connectivity index (χ4n) is 1.64. The van der Waals surface area contributed by atoms with Crippen molar-refractivity contribution < 1.29 is 19.4 Å². The van der Waals surface area contributed by atoms with E-state index in [2.05, 4.69) is 0 Å². The van der Waals surface area contributed by atoms with Gasteiger partial charge in [0.2, 0.25) is 15.9 Å². The van der Waals surface area contributed by atoms with E-state index in [4.69, 9.17) is 4.74 Å². The van der Waals surface area contributed by atoms with Crippen LogP contribution in [0.3, 0.4) is 0 Å². The average molecular weight is 295 g/mol. The number of nitrogens with one attached hydrogen (secondary N) is 1. The average Bonchev–Trinajstić information content (AvgIpc) is 2.36. The molecule has 116 valence electrons. The molecule has 1 N–H and O–H groups in total. The summed E-state index contributed by atoms with van der Waals surface area (Å²) in [4.78, 5) is 11.0. The number of carbonyl (C=O) groups excluding carboxylic acids is 1. The third-order valence-corrected chi connectivity index (χ3v) is 4.11. The Kier molecular flexibility index (Phi) is 10.9. The number of hydrogen-bond donors (Lipinski definition) is 1. The van der Waals surface area contributed by atoms with E-state index in [0.717, 1.165) is 45.3 Å². The van der Waals surface area contributed by atoms with Gasteiger partial charge < -0.3 is 4.74 Å². The highest BCUT2D eigenvalue weighted by atomic mass is 32.2. The van der Waals surface area contributed by atoms with Gasteiger partial charge in [0.1, 0.15) is 0 Å². The Hall–Kier alpha value is -0.620. The summed E-state index contributed by atoms with van der Waals surface area (Å²) in [6.07, 6.45) is 6.02. The lowest BCUT2D eigenvalue weighted by Crippen LogP contribution is -2.31. The van der Waals surface area contributed by atoms with Crippen LogP contribution in [-0.4, -0.2) is 33.3 Å². The van der Waals surface area contributed by atoms with Gasteiger partial charge in [-0.1, -0.05) is 32.6 Å². The number of hydrogen-bond acceptors (Lipinski definition) is 4. The summed E-state index contributed by atoms with van der Waals surface area (Å²) in [7, 11) is -3.42. The molecule has 0 saturated carbocycles. The molecule has 0 unspecified atom stereocenters. The molecule has 0 saturated heterocycles. The summed E-state index contributed by atoms with van der Waals surface area (Å²) >= 11 is 0. The molecular formula is C13H29NO4S. The second-order valence-electron chi connectivity index (χ2n) is 4.52. The molecule has 19 heavy (non-hydrogen) atoms. The number of carbonyl (C=O) groups is 1. The topological polar surface area (TPSA) is 72.5 Å². The summed E-state index contributed by atoms with van der Waals surface area (Å²) in [5.74, 6) is -0.395. The molecule has 0 fully saturated rings. The highest BCUT2D eigenvalue weighted by Crippen LogP contribution is 2.06. The number of rotatable bonds is 12. The fraction of sp³-hybridized carbons (Fsp3) is 0.923. The fourth-order valence-corrected chi connectivity index (χ4v) is 2.82. The van der Waals surface area contributed by atoms with Gasteiger partial charge in [0.15, 0.2) is 0 Å². The van der Waals surface area contributed by atoms with Crippen molar-refractivity contribution in [2.75, 3.05) is 19.0 Å². The van der Waals surface area contributed by atoms with Crippen LogP contribution in [0, 0.1) is 0 Å². The van der Waals surface area contributed by atoms with E-state index in [0.29, 0.717) is 6.42 Å². The van der Waals surface area contributed by atoms with Crippen molar-refractivity contribution in [1.29, 1.82) is 0 Å². The molecule has 0 spiro atoms. The second-order valence-corrected chi connectivity index (χ2v) is 6.36. The van der Waals surface area contributed by atoms with E-state index in [-0.39, 0.29) is 13.6 Å². The lowest BCUT2D eigenvalue weighted by atomic mass is 10.1. The van der Waals surface area contributed by atoms with Gasteiger partial charge in [-0.3, -0.25) is 9.52 Å². The molecule has 0 aliphatic heterocycles. The molecule has 0 aromatic carbocycles. The standard InChI is InChI=1S/C13H27NO4S.H2/c1-3-13(15)14-19(16,17)12-10-8-6-5-7-9-11-18-4-2;/h3-12H2,1-2H3,(H,14,15);1H. The maximum absolute atomic E-state index is 11.5. The van der Waals surface area contributed by atoms with Crippen molar-refractivity contribution in [2.45, 2.75) is 58.8 Å². The Morgan fingerprint density at radius 3 is 2.21 bits per heavy atom. The van der Waals surface area contributed by atoms with Gasteiger partial charge in [-0.2, -0.15) is 0 Å². The van der Waals surface area contributed by atoms with E-state index in [1.54, 1.807) is 6.92 Å². The summed E-state index contributed by atoms with van der Waals surface area (Å²) in [5, 5.41) is 0. The maximum Gasteiger partial charge on any atom is 0.234 e. The predicted molar refractivity (Wildman–Crippen MR) is 78.5 cm³/mol. The van der Waals surface area contributed by atoms with E-state index in [9.17, 15) is 13.2 Å². The second kappa shape index (κ2) is 11.2. The Morgan fingerprint density at radius 1 is 1.05 bits per heavy atom. The minimum Gasteiger partial charge on any atom is -0.382 e. The van der Waals surface area contributed by atoms with Gasteiger partial charge in [0, 0.05) is 21.1 Å². The molecule has 0 bridgehead atoms. The van der Waals surface area contributed by atoms with Crippen molar-refractivity contribution in [3.05, 3.63) is 0 Å². The number of unbranched alkanes of at least 4 members (excludes halogenated alkanes) is 5. The van der Waals surface area contributed by atoms with E-state index in [1.165, 1.54) is 0 Å². The maximum atomic E-state index is 11.5. The van der Waals surface area contributed by atoms with Gasteiger partial charge in [-0.05, 0) is 19.8 Å². The van der Waals surface area contributed by atoms with Crippen molar-refractivity contribution in [3.8, 4) is 0 Å². The van der Waals surface area contributed by atoms with Crippen LogP contribution in [0.4, 0.5) is 0 Å². The van der Waals surface area contributed by atoms with Crippen molar-refractivity contribution in [3.63, 3.8) is 0 Å². The Balaban J connectivity index is 0. The van der Waals surface area contributed by atoms with Gasteiger partial charge in [0.05, 0.1) is 5.75 Å². The third-order valence-electron chi connectivity index (χ3n) is 2.75. The van der Waals surface area contributed by atoms with Crippen LogP contribution >= 0.6 is 0 Å². The van der Waals surface area contributed by atoms with Crippen molar-refractivity contribution in [1.82, 2.24) is 4.72 Å². The highest BCUT2D eigenvalue weighted by molar-refractivity contribution is 7.90. The van der Waals surface area contributed by atoms with E-state index >= 15 is 0 Å². The lowest BCUT2D eigenvalue weighted by molar-refractivity contribution is -0.119. The normalized spacial score (nSPS) is 11.5. The molecule has 0 atom stereocenters. The number of ether oxygens (including phenoxy) is 1. The molecule has 0 radical (unpaired) electrons. The summed E-state index contributed by atoms with van der Waals surface area (Å²) in [6.45, 7) is 5.19. The lowest BCUT2D eigenvalue weighted by Gasteiger charge is -2.05. The summed E-state index contributed by atoms with van der Waals surface area (Å²) < 4.78 is 30.2. The SMILES string of the molecule is CCOCCCCCCCCS(=O)(=O)NC(=O)CC.[HH]. The van der Waals surface area contributed by atoms with Gasteiger partial charge in [0.25, 0.3) is 0 Å². The minimum absolute atomic E-state index is 0. The quantitative estimate of drug-likeness (QED) is 0.561. The van der Waals surface area contributed by atoms with Gasteiger partial charge >= 0.3 is 0 Å². The Morgan fingerprint density at radius 2 is 1.63 bits per heavy atom. The Labute approximate surface area is 118 Å². The number of amides is 1. The van der Waals surface area contributed by atoms with Gasteiger partial charge in [-0.15, -0.1) is 0 Å². The van der Waals surface area contributed by atoms with Gasteiger partial charge in [-0.25, -0.2) is 8.42 Å². The zero-order valence-electron chi connectivity index (χ0n) is 12.1. The third kappa shape index (κ3) is 12.2. The van der Waals surface area contributed by atoms with Crippen LogP contribution in [0.5, 0.6) is 0 Å². The first-order chi connectivity index (χ1) is 9.02. The highest BCUT2D eigenvalue weighted by Gasteiger charge is 2.12. The molecular weight excluding hydrogens is 266 g/mol. The smallest absolute Gasteiger partial charge is 0.234 e. The minimum atomic E-state index is -3.42. The summed E-state index contributed by atoms with van der Waals surface area (Å²) in [5.41, 5.74) is 0. The molecule has 5 nitrogen and oxygen atoms in total. The molecule has 0 heterocycles. The zero-order valence-corrected chi connectivity index (χ0v) is 12.9. The van der Waals surface area contributed by atoms with Crippen molar-refractivity contribution in [2.24, 2.45) is 0 Å². The first-order valence-electron chi connectivity index (χ1n) is 7.13. The number of sulfonamides is 1. The first kappa shape index (κ1) is 18.4. The molecule has 0 aromatic heterocycles. The van der Waals surface area contributed by atoms with Crippen LogP contribution in [0.2, 0.25) is 0 Å². The van der Waals surface area contributed by atoms with Crippen LogP contribution in [0.1, 0.15) is 60.2 Å². The molecule has 6 heteroatoms. The molecule has 0 rings (SSSR count). The summed E-state index contributed by atoms with van der Waals surface area (Å²) in [6, 6.07) is 0. The van der Waals surface area contributed by atoms with Crippen LogP contribution in [0.25, 0.3) is 0 Å². The first-order valence-corrected chi connectivity index (χ1v) is 8.78. The zero-order chi connectivity index (χ0) is 14.6. The van der Waals surface area contributed by atoms with Crippen LogP contribution < -0.4 is 4.72 Å².